The topological polar surface area (TPSA) is 49.9 Å². The molecule has 2 heterocycles. The summed E-state index contributed by atoms with van der Waals surface area (Å²) in [5.41, 5.74) is 1.07. The summed E-state index contributed by atoms with van der Waals surface area (Å²) >= 11 is 3.09. The number of benzene rings is 1. The Labute approximate surface area is 191 Å². The van der Waals surface area contributed by atoms with E-state index < -0.39 is 0 Å². The van der Waals surface area contributed by atoms with Crippen molar-refractivity contribution in [2.75, 3.05) is 26.8 Å². The van der Waals surface area contributed by atoms with E-state index in [2.05, 4.69) is 19.1 Å². The lowest BCUT2D eigenvalue weighted by atomic mass is 10.2. The minimum Gasteiger partial charge on any atom is -0.385 e. The fourth-order valence-electron chi connectivity index (χ4n) is 3.27. The Hall–Kier alpha value is -2.48. The molecule has 1 aromatic carbocycles. The third-order valence-corrected chi connectivity index (χ3v) is 6.68. The van der Waals surface area contributed by atoms with Crippen LogP contribution in [0.4, 0.5) is 0 Å². The van der Waals surface area contributed by atoms with Gasteiger partial charge in [0.15, 0.2) is 0 Å². The van der Waals surface area contributed by atoms with Crippen LogP contribution in [-0.2, 0) is 22.6 Å². The summed E-state index contributed by atoms with van der Waals surface area (Å²) in [4.78, 5) is 32.9. The quantitative estimate of drug-likeness (QED) is 0.389. The monoisotopic (exact) mass is 456 g/mol. The Kier molecular flexibility index (Phi) is 8.82. The van der Waals surface area contributed by atoms with Crippen LogP contribution in [0.5, 0.6) is 0 Å². The molecular formula is C24H28N2O3S2. The van der Waals surface area contributed by atoms with Gasteiger partial charge in [-0.2, -0.15) is 0 Å². The zero-order chi connectivity index (χ0) is 22.1. The predicted molar refractivity (Wildman–Crippen MR) is 126 cm³/mol. The number of hydrogen-bond donors (Lipinski definition) is 0. The van der Waals surface area contributed by atoms with Crippen LogP contribution in [-0.4, -0.2) is 48.4 Å². The molecule has 0 N–H and O–H groups in total. The second-order valence-electron chi connectivity index (χ2n) is 7.30. The van der Waals surface area contributed by atoms with Crippen LogP contribution in [0.15, 0.2) is 60.0 Å². The van der Waals surface area contributed by atoms with E-state index in [9.17, 15) is 9.59 Å². The van der Waals surface area contributed by atoms with Gasteiger partial charge in [-0.15, -0.1) is 22.7 Å². The third-order valence-electron chi connectivity index (χ3n) is 4.83. The maximum absolute atomic E-state index is 13.4. The van der Waals surface area contributed by atoms with Crippen molar-refractivity contribution < 1.29 is 14.3 Å². The Morgan fingerprint density at radius 3 is 2.42 bits per heavy atom. The molecule has 0 radical (unpaired) electrons. The molecule has 0 atom stereocenters. The molecule has 3 rings (SSSR count). The van der Waals surface area contributed by atoms with Gasteiger partial charge < -0.3 is 14.5 Å². The number of amides is 2. The Balaban J connectivity index is 1.76. The van der Waals surface area contributed by atoms with Crippen LogP contribution in [0.1, 0.15) is 31.4 Å². The number of carbonyl (C=O) groups is 2. The molecule has 5 nitrogen and oxygen atoms in total. The fraction of sp³-hybridized carbons (Fsp3) is 0.333. The molecule has 0 saturated heterocycles. The summed E-state index contributed by atoms with van der Waals surface area (Å²) in [7, 11) is 1.64. The zero-order valence-corrected chi connectivity index (χ0v) is 19.6. The maximum atomic E-state index is 13.4. The van der Waals surface area contributed by atoms with E-state index in [1.807, 2.05) is 46.7 Å². The molecule has 7 heteroatoms. The second kappa shape index (κ2) is 11.8. The zero-order valence-electron chi connectivity index (χ0n) is 18.0. The summed E-state index contributed by atoms with van der Waals surface area (Å²) in [5, 5.41) is 1.88. The first-order chi connectivity index (χ1) is 15.1. The van der Waals surface area contributed by atoms with Crippen molar-refractivity contribution in [3.8, 4) is 0 Å². The Morgan fingerprint density at radius 2 is 1.77 bits per heavy atom. The molecule has 3 aromatic rings. The lowest BCUT2D eigenvalue weighted by molar-refractivity contribution is -0.133. The van der Waals surface area contributed by atoms with E-state index in [1.165, 1.54) is 16.2 Å². The lowest BCUT2D eigenvalue weighted by Crippen LogP contribution is -2.42. The van der Waals surface area contributed by atoms with Gasteiger partial charge in [-0.05, 0) is 42.5 Å². The molecule has 0 fully saturated rings. The molecule has 2 amide bonds. The summed E-state index contributed by atoms with van der Waals surface area (Å²) in [5.74, 6) is -0.164. The second-order valence-corrected chi connectivity index (χ2v) is 9.62. The van der Waals surface area contributed by atoms with Gasteiger partial charge in [0, 0.05) is 36.6 Å². The number of ether oxygens (including phenoxy) is 1. The van der Waals surface area contributed by atoms with Crippen LogP contribution in [0.25, 0.3) is 0 Å². The fourth-order valence-corrected chi connectivity index (χ4v) is 4.86. The minimum atomic E-state index is -0.105. The number of rotatable bonds is 11. The molecule has 31 heavy (non-hydrogen) atoms. The van der Waals surface area contributed by atoms with Gasteiger partial charge in [-0.3, -0.25) is 9.59 Å². The largest absolute Gasteiger partial charge is 0.385 e. The molecule has 164 valence electrons. The number of carbonyl (C=O) groups excluding carboxylic acids is 2. The van der Waals surface area contributed by atoms with Gasteiger partial charge in [0.2, 0.25) is 5.91 Å². The van der Waals surface area contributed by atoms with Crippen LogP contribution in [0.2, 0.25) is 0 Å². The highest BCUT2D eigenvalue weighted by Crippen LogP contribution is 2.19. The molecule has 0 aliphatic rings. The minimum absolute atomic E-state index is 0.0532. The summed E-state index contributed by atoms with van der Waals surface area (Å²) < 4.78 is 5.15. The Morgan fingerprint density at radius 1 is 0.968 bits per heavy atom. The third kappa shape index (κ3) is 7.02. The van der Waals surface area contributed by atoms with Gasteiger partial charge in [-0.25, -0.2) is 0 Å². The number of thiophene rings is 2. The first kappa shape index (κ1) is 23.2. The van der Waals surface area contributed by atoms with Crippen LogP contribution in [0, 0.1) is 6.92 Å². The highest BCUT2D eigenvalue weighted by Gasteiger charge is 2.23. The SMILES string of the molecule is COCCCN(CC(=O)N(Cc1ccccc1)Cc1ccc(C)s1)C(=O)c1cccs1. The van der Waals surface area contributed by atoms with Crippen molar-refractivity contribution in [2.45, 2.75) is 26.4 Å². The molecule has 0 bridgehead atoms. The number of hydrogen-bond acceptors (Lipinski definition) is 5. The highest BCUT2D eigenvalue weighted by molar-refractivity contribution is 7.12. The molecule has 0 spiro atoms. The van der Waals surface area contributed by atoms with Crippen molar-refractivity contribution in [3.05, 3.63) is 80.2 Å². The first-order valence-electron chi connectivity index (χ1n) is 10.3. The average Bonchev–Trinajstić information content (AvgIpc) is 3.45. The smallest absolute Gasteiger partial charge is 0.264 e. The van der Waals surface area contributed by atoms with Crippen molar-refractivity contribution in [2.24, 2.45) is 0 Å². The van der Waals surface area contributed by atoms with E-state index in [4.69, 9.17) is 4.74 Å². The number of nitrogens with zero attached hydrogens (tertiary/aromatic N) is 2. The van der Waals surface area contributed by atoms with E-state index in [0.717, 1.165) is 10.4 Å². The van der Waals surface area contributed by atoms with Crippen molar-refractivity contribution in [1.29, 1.82) is 0 Å². The molecule has 0 aliphatic carbocycles. The van der Waals surface area contributed by atoms with Crippen LogP contribution >= 0.6 is 22.7 Å². The molecule has 0 saturated carbocycles. The van der Waals surface area contributed by atoms with Gasteiger partial charge >= 0.3 is 0 Å². The predicted octanol–water partition coefficient (Wildman–Crippen LogP) is 4.83. The summed E-state index contributed by atoms with van der Waals surface area (Å²) in [6.07, 6.45) is 0.684. The molecule has 2 aromatic heterocycles. The summed E-state index contributed by atoms with van der Waals surface area (Å²) in [6.45, 7) is 4.19. The number of aryl methyl sites for hydroxylation is 1. The molecule has 0 aliphatic heterocycles. The van der Waals surface area contributed by atoms with Crippen LogP contribution < -0.4 is 0 Å². The van der Waals surface area contributed by atoms with E-state index in [-0.39, 0.29) is 18.4 Å². The van der Waals surface area contributed by atoms with Crippen molar-refractivity contribution in [1.82, 2.24) is 9.80 Å². The molecular weight excluding hydrogens is 428 g/mol. The number of methoxy groups -OCH3 is 1. The van der Waals surface area contributed by atoms with Gasteiger partial charge in [0.1, 0.15) is 6.54 Å². The van der Waals surface area contributed by atoms with Gasteiger partial charge in [0.05, 0.1) is 11.4 Å². The van der Waals surface area contributed by atoms with E-state index in [0.29, 0.717) is 37.5 Å². The first-order valence-corrected chi connectivity index (χ1v) is 11.9. The van der Waals surface area contributed by atoms with E-state index >= 15 is 0 Å². The lowest BCUT2D eigenvalue weighted by Gasteiger charge is -2.27. The standard InChI is InChI=1S/C24H28N2O3S2/c1-19-11-12-21(31-19)17-26(16-20-8-4-3-5-9-20)23(27)18-25(13-7-14-29-2)24(28)22-10-6-15-30-22/h3-6,8-12,15H,7,13-14,16-18H2,1-2H3. The molecule has 0 unspecified atom stereocenters. The van der Waals surface area contributed by atoms with Gasteiger partial charge in [-0.1, -0.05) is 36.4 Å². The highest BCUT2D eigenvalue weighted by atomic mass is 32.1. The van der Waals surface area contributed by atoms with Crippen LogP contribution in [0.3, 0.4) is 0 Å². The van der Waals surface area contributed by atoms with Crippen molar-refractivity contribution >= 4 is 34.5 Å². The summed E-state index contributed by atoms with van der Waals surface area (Å²) in [6, 6.07) is 17.8. The van der Waals surface area contributed by atoms with Crippen molar-refractivity contribution in [3.63, 3.8) is 0 Å². The normalized spacial score (nSPS) is 10.8. The average molecular weight is 457 g/mol. The van der Waals surface area contributed by atoms with Gasteiger partial charge in [0.25, 0.3) is 5.91 Å². The maximum Gasteiger partial charge on any atom is 0.264 e. The van der Waals surface area contributed by atoms with E-state index in [1.54, 1.807) is 29.4 Å². The Bertz CT molecular complexity index is 954.